The molecule has 1 aliphatic rings. The van der Waals surface area contributed by atoms with Crippen LogP contribution in [0, 0.1) is 0 Å². The summed E-state index contributed by atoms with van der Waals surface area (Å²) < 4.78 is 5.96. The predicted molar refractivity (Wildman–Crippen MR) is 89.6 cm³/mol. The number of aromatic nitrogens is 1. The minimum Gasteiger partial charge on any atom is -0.369 e. The Morgan fingerprint density at radius 1 is 1.29 bits per heavy atom. The van der Waals surface area contributed by atoms with Gasteiger partial charge in [-0.1, -0.05) is 30.3 Å². The molecule has 0 aliphatic carbocycles. The molecule has 1 aliphatic heterocycles. The van der Waals surface area contributed by atoms with Crippen molar-refractivity contribution < 1.29 is 14.3 Å². The van der Waals surface area contributed by atoms with E-state index >= 15 is 0 Å². The summed E-state index contributed by atoms with van der Waals surface area (Å²) in [5.41, 5.74) is 6.49. The Labute approximate surface area is 140 Å². The molecule has 1 aromatic heterocycles. The molecule has 6 nitrogen and oxygen atoms in total. The lowest BCUT2D eigenvalue weighted by Gasteiger charge is -2.45. The number of nitrogens with one attached hydrogen (secondary N) is 1. The monoisotopic (exact) mass is 327 g/mol. The molecule has 0 saturated carbocycles. The first kappa shape index (κ1) is 16.3. The fourth-order valence-corrected chi connectivity index (χ4v) is 2.88. The Kier molecular flexibility index (Phi) is 4.15. The van der Waals surface area contributed by atoms with Gasteiger partial charge in [0.15, 0.2) is 0 Å². The number of H-pyrrole nitrogens is 1. The Morgan fingerprint density at radius 3 is 2.62 bits per heavy atom. The first-order valence-corrected chi connectivity index (χ1v) is 7.85. The van der Waals surface area contributed by atoms with Gasteiger partial charge in [0.1, 0.15) is 11.8 Å². The molecule has 3 rings (SSSR count). The zero-order valence-corrected chi connectivity index (χ0v) is 13.8. The molecule has 24 heavy (non-hydrogen) atoms. The van der Waals surface area contributed by atoms with Crippen LogP contribution in [0.3, 0.4) is 0 Å². The van der Waals surface area contributed by atoms with E-state index in [-0.39, 0.29) is 12.0 Å². The van der Waals surface area contributed by atoms with Gasteiger partial charge < -0.3 is 20.4 Å². The summed E-state index contributed by atoms with van der Waals surface area (Å²) in [5.74, 6) is -0.731. The van der Waals surface area contributed by atoms with Crippen LogP contribution in [0.5, 0.6) is 0 Å². The van der Waals surface area contributed by atoms with Gasteiger partial charge in [0.25, 0.3) is 5.91 Å². The normalized spacial score (nSPS) is 19.9. The number of aromatic amines is 1. The van der Waals surface area contributed by atoms with Gasteiger partial charge in [0, 0.05) is 6.20 Å². The molecule has 0 radical (unpaired) electrons. The summed E-state index contributed by atoms with van der Waals surface area (Å²) in [6, 6.07) is 11.3. The van der Waals surface area contributed by atoms with Gasteiger partial charge in [-0.25, -0.2) is 0 Å². The zero-order valence-electron chi connectivity index (χ0n) is 13.8. The molecule has 1 saturated heterocycles. The number of amides is 2. The van der Waals surface area contributed by atoms with Crippen molar-refractivity contribution in [3.05, 3.63) is 59.4 Å². The van der Waals surface area contributed by atoms with E-state index < -0.39 is 11.4 Å². The van der Waals surface area contributed by atoms with E-state index in [2.05, 4.69) is 4.98 Å². The molecule has 2 amide bonds. The van der Waals surface area contributed by atoms with Gasteiger partial charge >= 0.3 is 0 Å². The number of benzene rings is 1. The number of rotatable bonds is 3. The minimum absolute atomic E-state index is 0.170. The Hall–Kier alpha value is -2.60. The van der Waals surface area contributed by atoms with Crippen LogP contribution in [-0.4, -0.2) is 40.4 Å². The maximum Gasteiger partial charge on any atom is 0.270 e. The summed E-state index contributed by atoms with van der Waals surface area (Å²) in [4.78, 5) is 28.8. The summed E-state index contributed by atoms with van der Waals surface area (Å²) in [6.07, 6.45) is 1.28. The second kappa shape index (κ2) is 6.13. The van der Waals surface area contributed by atoms with Crippen LogP contribution in [0.1, 0.15) is 46.4 Å². The van der Waals surface area contributed by atoms with E-state index in [9.17, 15) is 9.59 Å². The molecule has 6 heteroatoms. The Morgan fingerprint density at radius 2 is 2.00 bits per heavy atom. The fourth-order valence-electron chi connectivity index (χ4n) is 2.88. The average molecular weight is 327 g/mol. The largest absolute Gasteiger partial charge is 0.369 e. The Bertz CT molecular complexity index is 752. The highest BCUT2D eigenvalue weighted by Crippen LogP contribution is 2.31. The second-order valence-corrected chi connectivity index (χ2v) is 6.60. The molecule has 3 N–H and O–H groups in total. The number of primary amides is 1. The molecule has 126 valence electrons. The van der Waals surface area contributed by atoms with Gasteiger partial charge in [-0.05, 0) is 25.5 Å². The fraction of sp³-hybridized carbons (Fsp3) is 0.333. The van der Waals surface area contributed by atoms with Gasteiger partial charge in [-0.3, -0.25) is 9.59 Å². The van der Waals surface area contributed by atoms with Crippen molar-refractivity contribution >= 4 is 11.8 Å². The minimum atomic E-state index is -0.561. The van der Waals surface area contributed by atoms with Crippen molar-refractivity contribution in [3.8, 4) is 0 Å². The number of ether oxygens (including phenoxy) is 1. The molecule has 0 bridgehead atoms. The lowest BCUT2D eigenvalue weighted by molar-refractivity contribution is -0.0848. The summed E-state index contributed by atoms with van der Waals surface area (Å²) in [5, 5.41) is 0. The Balaban J connectivity index is 1.85. The second-order valence-electron chi connectivity index (χ2n) is 6.60. The van der Waals surface area contributed by atoms with E-state index in [4.69, 9.17) is 10.5 Å². The average Bonchev–Trinajstić information content (AvgIpc) is 3.05. The summed E-state index contributed by atoms with van der Waals surface area (Å²) in [7, 11) is 0. The SMILES string of the molecule is CC1(C)COC(c2ccccc2)CN1C(=O)c1cc(C(N)=O)c[nH]1. The van der Waals surface area contributed by atoms with E-state index in [1.54, 1.807) is 4.90 Å². The third-order valence-electron chi connectivity index (χ3n) is 4.33. The highest BCUT2D eigenvalue weighted by atomic mass is 16.5. The summed E-state index contributed by atoms with van der Waals surface area (Å²) in [6.45, 7) is 4.80. The van der Waals surface area contributed by atoms with Gasteiger partial charge in [0.2, 0.25) is 5.91 Å². The molecule has 0 spiro atoms. The van der Waals surface area contributed by atoms with Crippen molar-refractivity contribution in [1.82, 2.24) is 9.88 Å². The van der Waals surface area contributed by atoms with Gasteiger partial charge in [0.05, 0.1) is 24.3 Å². The van der Waals surface area contributed by atoms with Crippen LogP contribution in [-0.2, 0) is 4.74 Å². The number of carbonyl (C=O) groups is 2. The predicted octanol–water partition coefficient (Wildman–Crippen LogP) is 2.11. The molecule has 2 heterocycles. The van der Waals surface area contributed by atoms with Crippen LogP contribution in [0.15, 0.2) is 42.6 Å². The molecule has 1 aromatic carbocycles. The lowest BCUT2D eigenvalue weighted by Crippen LogP contribution is -2.56. The molecular formula is C18H21N3O3. The lowest BCUT2D eigenvalue weighted by atomic mass is 9.97. The third-order valence-corrected chi connectivity index (χ3v) is 4.33. The first-order valence-electron chi connectivity index (χ1n) is 7.85. The molecule has 1 unspecified atom stereocenters. The van der Waals surface area contributed by atoms with E-state index in [0.29, 0.717) is 24.4 Å². The number of hydrogen-bond donors (Lipinski definition) is 2. The van der Waals surface area contributed by atoms with Crippen LogP contribution >= 0.6 is 0 Å². The van der Waals surface area contributed by atoms with Crippen molar-refractivity contribution in [1.29, 1.82) is 0 Å². The quantitative estimate of drug-likeness (QED) is 0.905. The van der Waals surface area contributed by atoms with Crippen molar-refractivity contribution in [2.24, 2.45) is 5.73 Å². The number of morpholine rings is 1. The number of carbonyl (C=O) groups excluding carboxylic acids is 2. The molecule has 2 aromatic rings. The topological polar surface area (TPSA) is 88.4 Å². The summed E-state index contributed by atoms with van der Waals surface area (Å²) >= 11 is 0. The van der Waals surface area contributed by atoms with Crippen LogP contribution in [0.25, 0.3) is 0 Å². The van der Waals surface area contributed by atoms with Crippen LogP contribution in [0.4, 0.5) is 0 Å². The van der Waals surface area contributed by atoms with Crippen molar-refractivity contribution in [2.75, 3.05) is 13.2 Å². The maximum atomic E-state index is 12.9. The number of nitrogens with two attached hydrogens (primary N) is 1. The van der Waals surface area contributed by atoms with Crippen LogP contribution < -0.4 is 5.73 Å². The van der Waals surface area contributed by atoms with Crippen molar-refractivity contribution in [3.63, 3.8) is 0 Å². The first-order chi connectivity index (χ1) is 11.4. The standard InChI is InChI=1S/C18H21N3O3/c1-18(2)11-24-15(12-6-4-3-5-7-12)10-21(18)17(23)14-8-13(9-20-14)16(19)22/h3-9,15,20H,10-11H2,1-2H3,(H2,19,22). The van der Waals surface area contributed by atoms with E-state index in [1.807, 2.05) is 44.2 Å². The number of hydrogen-bond acceptors (Lipinski definition) is 3. The zero-order chi connectivity index (χ0) is 17.3. The van der Waals surface area contributed by atoms with E-state index in [1.165, 1.54) is 12.3 Å². The highest BCUT2D eigenvalue weighted by Gasteiger charge is 2.39. The highest BCUT2D eigenvalue weighted by molar-refractivity contribution is 5.98. The maximum absolute atomic E-state index is 12.9. The van der Waals surface area contributed by atoms with Gasteiger partial charge in [-0.15, -0.1) is 0 Å². The van der Waals surface area contributed by atoms with Gasteiger partial charge in [-0.2, -0.15) is 0 Å². The van der Waals surface area contributed by atoms with E-state index in [0.717, 1.165) is 5.56 Å². The third kappa shape index (κ3) is 3.05. The van der Waals surface area contributed by atoms with Crippen LogP contribution in [0.2, 0.25) is 0 Å². The molecular weight excluding hydrogens is 306 g/mol. The number of nitrogens with zero attached hydrogens (tertiary/aromatic N) is 1. The smallest absolute Gasteiger partial charge is 0.270 e. The molecule has 1 atom stereocenters. The van der Waals surface area contributed by atoms with Crippen molar-refractivity contribution in [2.45, 2.75) is 25.5 Å². The molecule has 1 fully saturated rings.